The lowest BCUT2D eigenvalue weighted by molar-refractivity contribution is -0.0128. The van der Waals surface area contributed by atoms with Gasteiger partial charge in [0, 0.05) is 52.5 Å². The van der Waals surface area contributed by atoms with Crippen molar-refractivity contribution in [3.05, 3.63) is 211 Å². The molecule has 0 fully saturated rings. The highest BCUT2D eigenvalue weighted by Crippen LogP contribution is 2.40. The summed E-state index contributed by atoms with van der Waals surface area (Å²) in [6.07, 6.45) is 39.7. The average Bonchev–Trinajstić information content (AvgIpc) is 0.787. The van der Waals surface area contributed by atoms with Crippen molar-refractivity contribution in [3.8, 4) is 126 Å². The molecule has 9 aromatic carbocycles. The van der Waals surface area contributed by atoms with Gasteiger partial charge in [-0.3, -0.25) is 0 Å². The van der Waals surface area contributed by atoms with E-state index in [1.807, 2.05) is 48.5 Å². The zero-order chi connectivity index (χ0) is 106. The molecule has 0 spiro atoms. The molecule has 3 aromatic heterocycles. The van der Waals surface area contributed by atoms with Gasteiger partial charge in [-0.25, -0.2) is 29.3 Å². The number of ether oxygens (including phenoxy) is 11. The number of benzene rings is 9. The first kappa shape index (κ1) is 118. The summed E-state index contributed by atoms with van der Waals surface area (Å²) in [6, 6.07) is 55.5. The van der Waals surface area contributed by atoms with Gasteiger partial charge in [0.2, 0.25) is 17.8 Å². The minimum Gasteiger partial charge on any atom is -0.507 e. The van der Waals surface area contributed by atoms with Gasteiger partial charge < -0.3 is 98.7 Å². The molecule has 12 rings (SSSR count). The number of nitrogens with one attached hydrogen (secondary N) is 3. The first-order chi connectivity index (χ1) is 73.4. The first-order valence-electron chi connectivity index (χ1n) is 53.5. The molecule has 12 aromatic rings. The minimum absolute atomic E-state index is 0.0394. The number of aromatic nitrogens is 9. The van der Waals surface area contributed by atoms with Crippen LogP contribution in [0.4, 0.5) is 34.9 Å². The summed E-state index contributed by atoms with van der Waals surface area (Å²) in [4.78, 5) is 78.1. The van der Waals surface area contributed by atoms with Crippen molar-refractivity contribution in [1.82, 2.24) is 44.9 Å². The van der Waals surface area contributed by atoms with E-state index in [2.05, 4.69) is 68.6 Å². The molecule has 150 heavy (non-hydrogen) atoms. The van der Waals surface area contributed by atoms with Gasteiger partial charge in [-0.2, -0.15) is 29.9 Å². The Morgan fingerprint density at radius 1 is 0.233 bits per heavy atom. The van der Waals surface area contributed by atoms with Gasteiger partial charge >= 0.3 is 17.9 Å². The lowest BCUT2D eigenvalue weighted by atomic mass is 10.1. The number of aliphatic hydroxyl groups excluding tert-OH is 2. The van der Waals surface area contributed by atoms with Crippen molar-refractivity contribution in [2.45, 2.75) is 254 Å². The van der Waals surface area contributed by atoms with E-state index in [1.165, 1.54) is 179 Å². The quantitative estimate of drug-likeness (QED) is 0.00740. The molecule has 32 heteroatoms. The smallest absolute Gasteiger partial charge is 0.338 e. The maximum Gasteiger partial charge on any atom is 0.338 e. The van der Waals surface area contributed by atoms with E-state index >= 15 is 0 Å². The van der Waals surface area contributed by atoms with Crippen LogP contribution in [0.1, 0.15) is 285 Å². The van der Waals surface area contributed by atoms with Crippen LogP contribution >= 0.6 is 0 Å². The third-order valence-corrected chi connectivity index (χ3v) is 24.2. The van der Waals surface area contributed by atoms with Crippen molar-refractivity contribution in [2.75, 3.05) is 102 Å². The van der Waals surface area contributed by atoms with Crippen LogP contribution in [0.2, 0.25) is 0 Å². The molecule has 0 atom stereocenters. The Bertz CT molecular complexity index is 5680. The molecular weight excluding hydrogens is 1910 g/mol. The Kier molecular flexibility index (Phi) is 53.5. The Morgan fingerprint density at radius 3 is 0.680 bits per heavy atom. The molecule has 0 amide bonds. The summed E-state index contributed by atoms with van der Waals surface area (Å²) in [7, 11) is 0. The van der Waals surface area contributed by atoms with Crippen LogP contribution in [-0.2, 0) is 23.7 Å². The number of hydrogen-bond acceptors (Lipinski definition) is 32. The number of phenols is 4. The van der Waals surface area contributed by atoms with Crippen LogP contribution in [-0.4, -0.2) is 180 Å². The Labute approximate surface area is 882 Å². The maximum absolute atomic E-state index is 12.2. The van der Waals surface area contributed by atoms with Crippen molar-refractivity contribution in [1.29, 1.82) is 0 Å². The molecule has 0 bridgehead atoms. The number of aliphatic hydroxyl groups is 2. The van der Waals surface area contributed by atoms with Gasteiger partial charge in [0.25, 0.3) is 0 Å². The van der Waals surface area contributed by atoms with Gasteiger partial charge in [0.05, 0.1) is 98.4 Å². The fourth-order valence-electron chi connectivity index (χ4n) is 16.0. The highest BCUT2D eigenvalue weighted by molar-refractivity contribution is 5.91. The van der Waals surface area contributed by atoms with Gasteiger partial charge in [0.1, 0.15) is 84.3 Å². The number of carbonyl (C=O) groups excluding carboxylic acids is 3. The van der Waals surface area contributed by atoms with Gasteiger partial charge in [-0.1, -0.05) is 207 Å². The van der Waals surface area contributed by atoms with E-state index in [4.69, 9.17) is 82.3 Å². The van der Waals surface area contributed by atoms with Crippen molar-refractivity contribution in [3.63, 3.8) is 0 Å². The van der Waals surface area contributed by atoms with Crippen molar-refractivity contribution < 1.29 is 97.1 Å². The van der Waals surface area contributed by atoms with Crippen LogP contribution in [0.5, 0.6) is 57.5 Å². The first-order valence-corrected chi connectivity index (χ1v) is 53.5. The largest absolute Gasteiger partial charge is 0.507 e. The summed E-state index contributed by atoms with van der Waals surface area (Å²) >= 11 is 0. The fraction of sp³-hybridized carbons (Fsp3) is 0.441. The molecule has 9 N–H and O–H groups in total. The van der Waals surface area contributed by atoms with E-state index in [-0.39, 0.29) is 115 Å². The summed E-state index contributed by atoms with van der Waals surface area (Å²) in [5, 5.41) is 71.0. The van der Waals surface area contributed by atoms with Crippen LogP contribution in [0.25, 0.3) is 68.3 Å². The fourth-order valence-corrected chi connectivity index (χ4v) is 16.0. The second kappa shape index (κ2) is 68.3. The van der Waals surface area contributed by atoms with Gasteiger partial charge in [-0.15, -0.1) is 0 Å². The SMILES string of the molecule is CCCCCCCCCCCCOc1ccc(-c2nc(Nc3ccc(C(=O)OCC)cc3)nc(-c3ccc(OCCCCCCCCCCCC)cc3O)n2)c(O)c1.CCCCCCCCOc1ccc(-c2nc(Nc3ccc(C(=O)OCC)cc3)nc(-c3ccc(OCCCCCCCC)cc3)n2)cc1.CCOC(=O)c1ccc(Nc2nc(-c3ccc(OCCOCO)cc3O)nc(-c3ccc(OCCOCO)cc3O)n2)cc1. The molecule has 32 nitrogen and oxygen atoms in total. The lowest BCUT2D eigenvalue weighted by Gasteiger charge is -2.13. The van der Waals surface area contributed by atoms with Gasteiger partial charge in [-0.05, 0) is 216 Å². The average molecular weight is 2060 g/mol. The Morgan fingerprint density at radius 2 is 0.447 bits per heavy atom. The third-order valence-electron chi connectivity index (χ3n) is 24.2. The van der Waals surface area contributed by atoms with Gasteiger partial charge in [0.15, 0.2) is 34.9 Å². The van der Waals surface area contributed by atoms with E-state index < -0.39 is 25.5 Å². The minimum atomic E-state index is -0.448. The molecule has 0 saturated heterocycles. The number of phenolic OH excluding ortho intramolecular Hbond substituents is 4. The van der Waals surface area contributed by atoms with Crippen LogP contribution in [0.15, 0.2) is 194 Å². The van der Waals surface area contributed by atoms with E-state index in [0.717, 1.165) is 66.8 Å². The molecular formula is C118H152N12O20. The lowest BCUT2D eigenvalue weighted by Crippen LogP contribution is -2.07. The molecule has 0 aliphatic rings. The monoisotopic (exact) mass is 2060 g/mol. The van der Waals surface area contributed by atoms with Crippen molar-refractivity contribution in [2.24, 2.45) is 0 Å². The number of aromatic hydroxyl groups is 4. The van der Waals surface area contributed by atoms with Crippen molar-refractivity contribution >= 4 is 52.8 Å². The number of anilines is 6. The number of unbranched alkanes of at least 4 members (excludes halogenated alkanes) is 28. The molecule has 3 heterocycles. The molecule has 0 radical (unpaired) electrons. The van der Waals surface area contributed by atoms with E-state index in [0.29, 0.717) is 113 Å². The normalized spacial score (nSPS) is 10.9. The molecule has 0 saturated carbocycles. The third kappa shape index (κ3) is 42.0. The predicted octanol–water partition coefficient (Wildman–Crippen LogP) is 27.0. The highest BCUT2D eigenvalue weighted by atomic mass is 16.6. The number of hydrogen-bond donors (Lipinski definition) is 9. The molecule has 804 valence electrons. The summed E-state index contributed by atoms with van der Waals surface area (Å²) in [6.45, 7) is 17.5. The predicted molar refractivity (Wildman–Crippen MR) is 585 cm³/mol. The zero-order valence-electron chi connectivity index (χ0n) is 88.2. The second-order valence-electron chi connectivity index (χ2n) is 36.0. The van der Waals surface area contributed by atoms with Crippen LogP contribution in [0, 0.1) is 0 Å². The summed E-state index contributed by atoms with van der Waals surface area (Å²) in [5.74, 6) is 4.22. The van der Waals surface area contributed by atoms with E-state index in [1.54, 1.807) is 154 Å². The molecule has 0 aliphatic carbocycles. The van der Waals surface area contributed by atoms with Crippen LogP contribution in [0.3, 0.4) is 0 Å². The Hall–Kier alpha value is -14.3. The van der Waals surface area contributed by atoms with Crippen LogP contribution < -0.4 is 44.4 Å². The molecule has 0 unspecified atom stereocenters. The number of nitrogens with zero attached hydrogens (tertiary/aromatic N) is 9. The number of carbonyl (C=O) groups is 3. The highest BCUT2D eigenvalue weighted by Gasteiger charge is 2.23. The maximum atomic E-state index is 12.2. The van der Waals surface area contributed by atoms with E-state index in [9.17, 15) is 34.8 Å². The Balaban J connectivity index is 0.000000232. The summed E-state index contributed by atoms with van der Waals surface area (Å²) in [5.41, 5.74) is 6.18. The molecule has 0 aliphatic heterocycles. The second-order valence-corrected chi connectivity index (χ2v) is 36.0. The number of rotatable bonds is 68. The standard InChI is InChI=1S/C48H68N4O6.C40H52N4O4.C30H32N4O10/c1-4-7-9-11-13-15-17-19-21-23-33-57-39-29-31-41(43(53)35-39)45-50-46(52-48(51-45)49-38-27-25-37(26-28-38)47(55)56-6-3)42-32-30-40(36-44(42)54)58-34-24-22-20-18-16-14-12-10-8-5-2;1-4-7-9-11-13-15-29-47-35-25-19-31(20-26-35)37-42-38(32-21-27-36(28-22-32)48-30-16-14-12-10-8-5-2)44-40(43-37)41-34-23-17-33(18-24-34)39(45)46-6-3;1-2-42-29(39)19-3-5-20(6-4-19)31-30-33-27(23-9-7-21(15-25(23)37)43-13-11-40-17-35)32-28(34-30)24-10-8-22(16-26(24)38)44-14-12-41-18-36/h25-32,35-36,53-54H,4-24,33-34H2,1-3H3,(H,49,50,51,52);17-28H,4-16,29-30H2,1-3H3,(H,41,42,43,44);3-10,15-16,35-38H,2,11-14,17-18H2,1H3,(H,31,32,33,34). The summed E-state index contributed by atoms with van der Waals surface area (Å²) < 4.78 is 59.9. The topological polar surface area (TPSA) is 426 Å². The zero-order valence-corrected chi connectivity index (χ0v) is 88.2. The number of esters is 3.